The van der Waals surface area contributed by atoms with Gasteiger partial charge in [-0.1, -0.05) is 48.0 Å². The van der Waals surface area contributed by atoms with Crippen molar-refractivity contribution in [2.45, 2.75) is 6.54 Å². The second-order valence-electron chi connectivity index (χ2n) is 4.55. The summed E-state index contributed by atoms with van der Waals surface area (Å²) in [6.45, 7) is 0.603. The first-order valence-electron chi connectivity index (χ1n) is 6.42. The SMILES string of the molecule is N#Cc1ccc(CNc2nnc(Cl)c3ccccc23)cc1. The van der Waals surface area contributed by atoms with Gasteiger partial charge >= 0.3 is 0 Å². The predicted molar refractivity (Wildman–Crippen MR) is 83.0 cm³/mol. The molecule has 3 aromatic rings. The summed E-state index contributed by atoms with van der Waals surface area (Å²) in [4.78, 5) is 0. The van der Waals surface area contributed by atoms with Crippen LogP contribution in [0.15, 0.2) is 48.5 Å². The van der Waals surface area contributed by atoms with Gasteiger partial charge in [0.25, 0.3) is 0 Å². The third-order valence-electron chi connectivity index (χ3n) is 3.19. The summed E-state index contributed by atoms with van der Waals surface area (Å²) in [7, 11) is 0. The topological polar surface area (TPSA) is 61.6 Å². The number of halogens is 1. The molecular weight excluding hydrogens is 284 g/mol. The molecule has 0 saturated heterocycles. The van der Waals surface area contributed by atoms with Crippen molar-refractivity contribution in [3.05, 3.63) is 64.8 Å². The van der Waals surface area contributed by atoms with Gasteiger partial charge in [-0.15, -0.1) is 10.2 Å². The molecule has 1 N–H and O–H groups in total. The third kappa shape index (κ3) is 2.78. The fourth-order valence-corrected chi connectivity index (χ4v) is 2.29. The first-order valence-corrected chi connectivity index (χ1v) is 6.79. The molecule has 0 fully saturated rings. The molecule has 0 unspecified atom stereocenters. The molecule has 0 spiro atoms. The maximum Gasteiger partial charge on any atom is 0.159 e. The normalized spacial score (nSPS) is 10.3. The molecule has 0 bridgehead atoms. The smallest absolute Gasteiger partial charge is 0.159 e. The van der Waals surface area contributed by atoms with Gasteiger partial charge in [0.2, 0.25) is 0 Å². The number of fused-ring (bicyclic) bond motifs is 1. The number of hydrogen-bond donors (Lipinski definition) is 1. The number of aromatic nitrogens is 2. The van der Waals surface area contributed by atoms with Crippen LogP contribution < -0.4 is 5.32 Å². The fourth-order valence-electron chi connectivity index (χ4n) is 2.08. The van der Waals surface area contributed by atoms with E-state index in [2.05, 4.69) is 21.6 Å². The van der Waals surface area contributed by atoms with Crippen LogP contribution in [-0.4, -0.2) is 10.2 Å². The highest BCUT2D eigenvalue weighted by Gasteiger charge is 2.06. The first kappa shape index (κ1) is 13.3. The van der Waals surface area contributed by atoms with E-state index in [1.165, 1.54) is 0 Å². The van der Waals surface area contributed by atoms with Crippen molar-refractivity contribution >= 4 is 28.2 Å². The molecule has 0 aliphatic carbocycles. The lowest BCUT2D eigenvalue weighted by molar-refractivity contribution is 1.02. The molecule has 4 nitrogen and oxygen atoms in total. The Hall–Kier alpha value is -2.64. The molecule has 3 rings (SSSR count). The summed E-state index contributed by atoms with van der Waals surface area (Å²) >= 11 is 6.05. The Morgan fingerprint density at radius 1 is 1.00 bits per heavy atom. The molecule has 21 heavy (non-hydrogen) atoms. The minimum Gasteiger partial charge on any atom is -0.364 e. The van der Waals surface area contributed by atoms with E-state index in [-0.39, 0.29) is 0 Å². The maximum absolute atomic E-state index is 8.78. The van der Waals surface area contributed by atoms with Crippen LogP contribution in [0.4, 0.5) is 5.82 Å². The van der Waals surface area contributed by atoms with Crippen molar-refractivity contribution in [2.24, 2.45) is 0 Å². The average molecular weight is 295 g/mol. The Labute approximate surface area is 127 Å². The number of nitrogens with one attached hydrogen (secondary N) is 1. The largest absolute Gasteiger partial charge is 0.364 e. The van der Waals surface area contributed by atoms with Crippen molar-refractivity contribution in [3.8, 4) is 6.07 Å². The third-order valence-corrected chi connectivity index (χ3v) is 3.46. The van der Waals surface area contributed by atoms with Crippen LogP contribution in [0.5, 0.6) is 0 Å². The van der Waals surface area contributed by atoms with Crippen molar-refractivity contribution < 1.29 is 0 Å². The van der Waals surface area contributed by atoms with Crippen LogP contribution in [0.3, 0.4) is 0 Å². The maximum atomic E-state index is 8.78. The number of nitrogens with zero attached hydrogens (tertiary/aromatic N) is 3. The highest BCUT2D eigenvalue weighted by molar-refractivity contribution is 6.34. The molecule has 1 heterocycles. The summed E-state index contributed by atoms with van der Waals surface area (Å²) in [6.07, 6.45) is 0. The molecule has 5 heteroatoms. The molecular formula is C16H11ClN4. The standard InChI is InChI=1S/C16H11ClN4/c17-15-13-3-1-2-4-14(13)16(21-20-15)19-10-12-7-5-11(9-18)6-8-12/h1-8H,10H2,(H,19,21). The second-order valence-corrected chi connectivity index (χ2v) is 4.91. The predicted octanol–water partition coefficient (Wildman–Crippen LogP) is 3.77. The van der Waals surface area contributed by atoms with E-state index < -0.39 is 0 Å². The summed E-state index contributed by atoms with van der Waals surface area (Å²) < 4.78 is 0. The molecule has 2 aromatic carbocycles. The van der Waals surface area contributed by atoms with Gasteiger partial charge in [0.1, 0.15) is 0 Å². The van der Waals surface area contributed by atoms with Crippen molar-refractivity contribution in [1.29, 1.82) is 5.26 Å². The summed E-state index contributed by atoms with van der Waals surface area (Å²) in [5.74, 6) is 0.694. The van der Waals surface area contributed by atoms with E-state index in [4.69, 9.17) is 16.9 Å². The quantitative estimate of drug-likeness (QED) is 0.799. The van der Waals surface area contributed by atoms with Crippen molar-refractivity contribution in [2.75, 3.05) is 5.32 Å². The van der Waals surface area contributed by atoms with Crippen LogP contribution in [0, 0.1) is 11.3 Å². The zero-order valence-electron chi connectivity index (χ0n) is 11.0. The summed E-state index contributed by atoms with van der Waals surface area (Å²) in [5, 5.41) is 22.3. The Morgan fingerprint density at radius 3 is 2.43 bits per heavy atom. The molecule has 102 valence electrons. The van der Waals surface area contributed by atoms with E-state index in [9.17, 15) is 0 Å². The van der Waals surface area contributed by atoms with Gasteiger partial charge in [0, 0.05) is 17.3 Å². The monoisotopic (exact) mass is 294 g/mol. The second kappa shape index (κ2) is 5.78. The van der Waals surface area contributed by atoms with Crippen molar-refractivity contribution in [1.82, 2.24) is 10.2 Å². The first-order chi connectivity index (χ1) is 10.3. The summed E-state index contributed by atoms with van der Waals surface area (Å²) in [6, 6.07) is 17.2. The van der Waals surface area contributed by atoms with Crippen LogP contribution in [0.2, 0.25) is 5.15 Å². The van der Waals surface area contributed by atoms with Gasteiger partial charge in [-0.25, -0.2) is 0 Å². The van der Waals surface area contributed by atoms with Crippen LogP contribution in [-0.2, 0) is 6.54 Å². The summed E-state index contributed by atoms with van der Waals surface area (Å²) in [5.41, 5.74) is 1.71. The van der Waals surface area contributed by atoms with Crippen molar-refractivity contribution in [3.63, 3.8) is 0 Å². The molecule has 0 atom stereocenters. The van der Waals surface area contributed by atoms with Gasteiger partial charge in [-0.05, 0) is 17.7 Å². The van der Waals surface area contributed by atoms with Gasteiger partial charge in [0.05, 0.1) is 11.6 Å². The zero-order chi connectivity index (χ0) is 14.7. The number of benzene rings is 2. The molecule has 0 amide bonds. The van der Waals surface area contributed by atoms with E-state index >= 15 is 0 Å². The highest BCUT2D eigenvalue weighted by atomic mass is 35.5. The molecule has 0 radical (unpaired) electrons. The van der Waals surface area contributed by atoms with Crippen LogP contribution in [0.1, 0.15) is 11.1 Å². The molecule has 0 aliphatic rings. The fraction of sp³-hybridized carbons (Fsp3) is 0.0625. The lowest BCUT2D eigenvalue weighted by Crippen LogP contribution is -2.03. The molecule has 0 aliphatic heterocycles. The zero-order valence-corrected chi connectivity index (χ0v) is 11.8. The van der Waals surface area contributed by atoms with Gasteiger partial charge in [-0.2, -0.15) is 5.26 Å². The molecule has 0 saturated carbocycles. The average Bonchev–Trinajstić information content (AvgIpc) is 2.55. The number of hydrogen-bond acceptors (Lipinski definition) is 4. The van der Waals surface area contributed by atoms with E-state index in [0.29, 0.717) is 23.1 Å². The lowest BCUT2D eigenvalue weighted by Gasteiger charge is -2.08. The van der Waals surface area contributed by atoms with Gasteiger partial charge in [-0.3, -0.25) is 0 Å². The van der Waals surface area contributed by atoms with Crippen LogP contribution in [0.25, 0.3) is 10.8 Å². The van der Waals surface area contributed by atoms with E-state index in [0.717, 1.165) is 16.3 Å². The number of rotatable bonds is 3. The van der Waals surface area contributed by atoms with E-state index in [1.54, 1.807) is 12.1 Å². The Bertz CT molecular complexity index is 822. The van der Waals surface area contributed by atoms with E-state index in [1.807, 2.05) is 36.4 Å². The Kier molecular flexibility index (Phi) is 3.67. The van der Waals surface area contributed by atoms with Gasteiger partial charge < -0.3 is 5.32 Å². The van der Waals surface area contributed by atoms with Gasteiger partial charge in [0.15, 0.2) is 11.0 Å². The minimum absolute atomic E-state index is 0.398. The highest BCUT2D eigenvalue weighted by Crippen LogP contribution is 2.25. The number of anilines is 1. The lowest BCUT2D eigenvalue weighted by atomic mass is 10.1. The Morgan fingerprint density at radius 2 is 1.71 bits per heavy atom. The number of nitriles is 1. The Balaban J connectivity index is 1.85. The van der Waals surface area contributed by atoms with Crippen LogP contribution >= 0.6 is 11.6 Å². The molecule has 1 aromatic heterocycles. The minimum atomic E-state index is 0.398.